The molecule has 0 fully saturated rings. The van der Waals surface area contributed by atoms with Crippen LogP contribution in [0.5, 0.6) is 0 Å². The number of nitrogens with zero attached hydrogens (tertiary/aromatic N) is 3. The molecule has 0 saturated carbocycles. The molecule has 0 aliphatic heterocycles. The number of sulfonamides is 1. The molecule has 0 spiro atoms. The van der Waals surface area contributed by atoms with E-state index in [-0.39, 0.29) is 11.6 Å². The smallest absolute Gasteiger partial charge is 0.259 e. The van der Waals surface area contributed by atoms with Crippen LogP contribution in [0.25, 0.3) is 10.6 Å². The molecule has 0 radical (unpaired) electrons. The maximum absolute atomic E-state index is 12.2. The SMILES string of the molecule is Cn1cnc(S(=O)(=O)NCc2cccnc2-c2cccs2)c1. The predicted octanol–water partition coefficient (Wildman–Crippen LogP) is 2.02. The molecule has 6 nitrogen and oxygen atoms in total. The lowest BCUT2D eigenvalue weighted by Crippen LogP contribution is -2.24. The molecule has 22 heavy (non-hydrogen) atoms. The first-order valence-corrected chi connectivity index (χ1v) is 8.88. The molecule has 0 aromatic carbocycles. The van der Waals surface area contributed by atoms with Gasteiger partial charge in [0, 0.05) is 26.0 Å². The number of imidazole rings is 1. The van der Waals surface area contributed by atoms with Crippen molar-refractivity contribution >= 4 is 21.4 Å². The lowest BCUT2D eigenvalue weighted by Gasteiger charge is -2.08. The van der Waals surface area contributed by atoms with Crippen molar-refractivity contribution in [1.82, 2.24) is 19.3 Å². The summed E-state index contributed by atoms with van der Waals surface area (Å²) < 4.78 is 28.6. The Kier molecular flexibility index (Phi) is 4.06. The third kappa shape index (κ3) is 3.08. The third-order valence-corrected chi connectivity index (χ3v) is 5.22. The van der Waals surface area contributed by atoms with E-state index in [2.05, 4.69) is 14.7 Å². The highest BCUT2D eigenvalue weighted by Crippen LogP contribution is 2.25. The molecule has 0 bridgehead atoms. The molecule has 3 aromatic rings. The fraction of sp³-hybridized carbons (Fsp3) is 0.143. The first-order chi connectivity index (χ1) is 10.6. The summed E-state index contributed by atoms with van der Waals surface area (Å²) in [7, 11) is -1.91. The van der Waals surface area contributed by atoms with Crippen molar-refractivity contribution in [3.8, 4) is 10.6 Å². The molecule has 1 N–H and O–H groups in total. The van der Waals surface area contributed by atoms with Crippen LogP contribution in [0.4, 0.5) is 0 Å². The van der Waals surface area contributed by atoms with Gasteiger partial charge in [0.2, 0.25) is 0 Å². The van der Waals surface area contributed by atoms with Crippen molar-refractivity contribution in [2.75, 3.05) is 0 Å². The standard InChI is InChI=1S/C14H14N4O2S2/c1-18-9-13(16-10-18)22(19,20)17-8-11-4-2-6-15-14(11)12-5-3-7-21-12/h2-7,9-10,17H,8H2,1H3. The normalized spacial score (nSPS) is 11.7. The van der Waals surface area contributed by atoms with E-state index in [1.165, 1.54) is 12.5 Å². The van der Waals surface area contributed by atoms with Gasteiger partial charge in [-0.05, 0) is 23.1 Å². The maximum atomic E-state index is 12.2. The van der Waals surface area contributed by atoms with E-state index >= 15 is 0 Å². The highest BCUT2D eigenvalue weighted by atomic mass is 32.2. The topological polar surface area (TPSA) is 76.9 Å². The minimum absolute atomic E-state index is 0.0107. The Morgan fingerprint density at radius 3 is 2.82 bits per heavy atom. The van der Waals surface area contributed by atoms with Crippen molar-refractivity contribution in [3.63, 3.8) is 0 Å². The summed E-state index contributed by atoms with van der Waals surface area (Å²) >= 11 is 1.57. The van der Waals surface area contributed by atoms with E-state index in [0.29, 0.717) is 0 Å². The Balaban J connectivity index is 1.83. The minimum Gasteiger partial charge on any atom is -0.339 e. The number of hydrogen-bond acceptors (Lipinski definition) is 5. The van der Waals surface area contributed by atoms with Crippen LogP contribution in [0.3, 0.4) is 0 Å². The zero-order chi connectivity index (χ0) is 15.6. The van der Waals surface area contributed by atoms with Gasteiger partial charge in [-0.15, -0.1) is 11.3 Å². The Labute approximate surface area is 132 Å². The van der Waals surface area contributed by atoms with Crippen LogP contribution >= 0.6 is 11.3 Å². The minimum atomic E-state index is -3.63. The fourth-order valence-electron chi connectivity index (χ4n) is 1.99. The van der Waals surface area contributed by atoms with Crippen LogP contribution in [0.1, 0.15) is 5.56 Å². The third-order valence-electron chi connectivity index (χ3n) is 3.05. The van der Waals surface area contributed by atoms with Gasteiger partial charge < -0.3 is 4.57 Å². The van der Waals surface area contributed by atoms with Crippen LogP contribution < -0.4 is 4.72 Å². The summed E-state index contributed by atoms with van der Waals surface area (Å²) in [5.74, 6) is 0. The van der Waals surface area contributed by atoms with Gasteiger partial charge in [-0.25, -0.2) is 18.1 Å². The molecule has 0 atom stereocenters. The van der Waals surface area contributed by atoms with Gasteiger partial charge in [-0.2, -0.15) is 0 Å². The Morgan fingerprint density at radius 2 is 2.14 bits per heavy atom. The van der Waals surface area contributed by atoms with E-state index in [1.807, 2.05) is 23.6 Å². The fourth-order valence-corrected chi connectivity index (χ4v) is 3.73. The number of aryl methyl sites for hydroxylation is 1. The van der Waals surface area contributed by atoms with Crippen molar-refractivity contribution in [2.45, 2.75) is 11.6 Å². The maximum Gasteiger partial charge on any atom is 0.259 e. The van der Waals surface area contributed by atoms with Crippen LogP contribution in [-0.2, 0) is 23.6 Å². The molecule has 3 rings (SSSR count). The van der Waals surface area contributed by atoms with Gasteiger partial charge >= 0.3 is 0 Å². The van der Waals surface area contributed by atoms with Gasteiger partial charge in [0.05, 0.1) is 16.9 Å². The van der Waals surface area contributed by atoms with E-state index in [4.69, 9.17) is 0 Å². The molecule has 8 heteroatoms. The largest absolute Gasteiger partial charge is 0.339 e. The van der Waals surface area contributed by atoms with Gasteiger partial charge in [0.25, 0.3) is 10.0 Å². The van der Waals surface area contributed by atoms with E-state index < -0.39 is 10.0 Å². The predicted molar refractivity (Wildman–Crippen MR) is 84.8 cm³/mol. The second kappa shape index (κ2) is 5.99. The monoisotopic (exact) mass is 334 g/mol. The highest BCUT2D eigenvalue weighted by Gasteiger charge is 2.17. The molecule has 3 aromatic heterocycles. The quantitative estimate of drug-likeness (QED) is 0.774. The molecule has 3 heterocycles. The van der Waals surface area contributed by atoms with Crippen molar-refractivity contribution in [1.29, 1.82) is 0 Å². The number of hydrogen-bond donors (Lipinski definition) is 1. The number of rotatable bonds is 5. The average molecular weight is 334 g/mol. The van der Waals surface area contributed by atoms with Crippen molar-refractivity contribution in [3.05, 3.63) is 53.9 Å². The van der Waals surface area contributed by atoms with Crippen LogP contribution in [0, 0.1) is 0 Å². The highest BCUT2D eigenvalue weighted by molar-refractivity contribution is 7.89. The van der Waals surface area contributed by atoms with Gasteiger partial charge in [-0.1, -0.05) is 12.1 Å². The van der Waals surface area contributed by atoms with Crippen LogP contribution in [0.2, 0.25) is 0 Å². The second-order valence-electron chi connectivity index (χ2n) is 4.69. The van der Waals surface area contributed by atoms with Crippen molar-refractivity contribution in [2.24, 2.45) is 7.05 Å². The summed E-state index contributed by atoms with van der Waals surface area (Å²) in [6, 6.07) is 7.56. The first-order valence-electron chi connectivity index (χ1n) is 6.52. The van der Waals surface area contributed by atoms with Crippen molar-refractivity contribution < 1.29 is 8.42 Å². The number of aromatic nitrogens is 3. The van der Waals surface area contributed by atoms with E-state index in [0.717, 1.165) is 16.1 Å². The molecular formula is C14H14N4O2S2. The summed E-state index contributed by atoms with van der Waals surface area (Å²) in [6.07, 6.45) is 4.62. The zero-order valence-corrected chi connectivity index (χ0v) is 13.4. The van der Waals surface area contributed by atoms with E-state index in [1.54, 1.807) is 35.2 Å². The number of pyridine rings is 1. The van der Waals surface area contributed by atoms with E-state index in [9.17, 15) is 8.42 Å². The summed E-state index contributed by atoms with van der Waals surface area (Å²) in [5.41, 5.74) is 1.62. The van der Waals surface area contributed by atoms with Gasteiger partial charge in [0.1, 0.15) is 0 Å². The molecular weight excluding hydrogens is 320 g/mol. The molecule has 0 amide bonds. The lowest BCUT2D eigenvalue weighted by atomic mass is 10.2. The summed E-state index contributed by atoms with van der Waals surface area (Å²) in [5, 5.41) is 1.97. The van der Waals surface area contributed by atoms with Gasteiger partial charge in [-0.3, -0.25) is 4.98 Å². The zero-order valence-electron chi connectivity index (χ0n) is 11.8. The second-order valence-corrected chi connectivity index (χ2v) is 7.35. The van der Waals surface area contributed by atoms with Crippen LogP contribution in [0.15, 0.2) is 53.4 Å². The Hall–Kier alpha value is -2.03. The summed E-state index contributed by atoms with van der Waals surface area (Å²) in [6.45, 7) is 0.167. The molecule has 0 saturated heterocycles. The Morgan fingerprint density at radius 1 is 1.27 bits per heavy atom. The summed E-state index contributed by atoms with van der Waals surface area (Å²) in [4.78, 5) is 9.23. The molecule has 0 aliphatic carbocycles. The van der Waals surface area contributed by atoms with Crippen LogP contribution in [-0.4, -0.2) is 23.0 Å². The number of nitrogens with one attached hydrogen (secondary N) is 1. The average Bonchev–Trinajstić information content (AvgIpc) is 3.17. The molecule has 0 unspecified atom stereocenters. The van der Waals surface area contributed by atoms with Gasteiger partial charge in [0.15, 0.2) is 5.03 Å². The molecule has 0 aliphatic rings. The molecule has 114 valence electrons. The first kappa shape index (κ1) is 14.9. The Bertz CT molecular complexity index is 870. The lowest BCUT2D eigenvalue weighted by molar-refractivity contribution is 0.578. The number of thiophene rings is 1.